The van der Waals surface area contributed by atoms with E-state index in [9.17, 15) is 9.90 Å². The highest BCUT2D eigenvalue weighted by Gasteiger charge is 2.48. The van der Waals surface area contributed by atoms with Crippen molar-refractivity contribution in [1.82, 2.24) is 0 Å². The van der Waals surface area contributed by atoms with Gasteiger partial charge in [0, 0.05) is 11.3 Å². The molecule has 0 aromatic carbocycles. The van der Waals surface area contributed by atoms with Crippen molar-refractivity contribution in [3.8, 4) is 0 Å². The van der Waals surface area contributed by atoms with E-state index in [-0.39, 0.29) is 11.0 Å². The summed E-state index contributed by atoms with van der Waals surface area (Å²) in [6.45, 7) is 9.94. The highest BCUT2D eigenvalue weighted by molar-refractivity contribution is 7.80. The maximum atomic E-state index is 11.6. The predicted molar refractivity (Wildman–Crippen MR) is 76.1 cm³/mol. The standard InChI is InChI=1S/C14H24O3S/c1-12(2,3)10(18)9-14(11(15)16)8-6-7-13(4,5)17-14/h6-9H2,1-5H3,(H,15,16). The molecule has 1 fully saturated rings. The Kier molecular flexibility index (Phi) is 4.23. The second-order valence-electron chi connectivity index (χ2n) is 6.86. The van der Waals surface area contributed by atoms with Gasteiger partial charge in [0.05, 0.1) is 5.60 Å². The van der Waals surface area contributed by atoms with Crippen molar-refractivity contribution in [3.05, 3.63) is 0 Å². The first kappa shape index (κ1) is 15.6. The van der Waals surface area contributed by atoms with E-state index in [0.29, 0.717) is 12.8 Å². The van der Waals surface area contributed by atoms with Crippen LogP contribution in [0.2, 0.25) is 0 Å². The molecule has 1 heterocycles. The number of hydrogen-bond donors (Lipinski definition) is 1. The van der Waals surface area contributed by atoms with E-state index < -0.39 is 11.6 Å². The van der Waals surface area contributed by atoms with Gasteiger partial charge in [-0.05, 0) is 38.5 Å². The summed E-state index contributed by atoms with van der Waals surface area (Å²) in [5.74, 6) is -0.887. The van der Waals surface area contributed by atoms with Crippen LogP contribution in [0.5, 0.6) is 0 Å². The van der Waals surface area contributed by atoms with Gasteiger partial charge in [-0.25, -0.2) is 4.79 Å². The fraction of sp³-hybridized carbons (Fsp3) is 0.857. The van der Waals surface area contributed by atoms with Crippen molar-refractivity contribution in [2.75, 3.05) is 0 Å². The Labute approximate surface area is 115 Å². The van der Waals surface area contributed by atoms with Gasteiger partial charge in [0.15, 0.2) is 5.60 Å². The maximum absolute atomic E-state index is 11.6. The number of carboxylic acid groups (broad SMARTS) is 1. The minimum absolute atomic E-state index is 0.164. The molecule has 18 heavy (non-hydrogen) atoms. The van der Waals surface area contributed by atoms with E-state index in [1.54, 1.807) is 0 Å². The van der Waals surface area contributed by atoms with Crippen LogP contribution >= 0.6 is 12.2 Å². The van der Waals surface area contributed by atoms with Crippen LogP contribution in [-0.2, 0) is 9.53 Å². The molecule has 1 rings (SSSR count). The summed E-state index contributed by atoms with van der Waals surface area (Å²) in [6.07, 6.45) is 2.63. The third kappa shape index (κ3) is 3.51. The molecule has 1 saturated heterocycles. The van der Waals surface area contributed by atoms with Crippen LogP contribution in [0.1, 0.15) is 60.3 Å². The van der Waals surface area contributed by atoms with E-state index in [0.717, 1.165) is 17.7 Å². The van der Waals surface area contributed by atoms with Gasteiger partial charge in [0.2, 0.25) is 0 Å². The van der Waals surface area contributed by atoms with Crippen LogP contribution in [0.3, 0.4) is 0 Å². The average Bonchev–Trinajstić information content (AvgIpc) is 2.13. The van der Waals surface area contributed by atoms with Crippen molar-refractivity contribution >= 4 is 23.1 Å². The van der Waals surface area contributed by atoms with E-state index in [4.69, 9.17) is 17.0 Å². The van der Waals surface area contributed by atoms with Crippen LogP contribution in [-0.4, -0.2) is 27.1 Å². The Morgan fingerprint density at radius 3 is 2.28 bits per heavy atom. The van der Waals surface area contributed by atoms with Crippen LogP contribution in [0.25, 0.3) is 0 Å². The number of rotatable bonds is 3. The smallest absolute Gasteiger partial charge is 0.336 e. The Bertz CT molecular complexity index is 355. The zero-order valence-electron chi connectivity index (χ0n) is 12.0. The Morgan fingerprint density at radius 1 is 1.33 bits per heavy atom. The molecule has 0 bridgehead atoms. The molecule has 1 unspecified atom stereocenters. The lowest BCUT2D eigenvalue weighted by Crippen LogP contribution is -2.52. The quantitative estimate of drug-likeness (QED) is 0.797. The fourth-order valence-corrected chi connectivity index (χ4v) is 2.54. The molecule has 1 atom stereocenters. The minimum atomic E-state index is -1.13. The maximum Gasteiger partial charge on any atom is 0.336 e. The summed E-state index contributed by atoms with van der Waals surface area (Å²) in [5, 5.41) is 9.55. The first-order valence-corrected chi connectivity index (χ1v) is 6.86. The topological polar surface area (TPSA) is 46.5 Å². The largest absolute Gasteiger partial charge is 0.479 e. The number of carbonyl (C=O) groups is 1. The van der Waals surface area contributed by atoms with Crippen molar-refractivity contribution in [3.63, 3.8) is 0 Å². The van der Waals surface area contributed by atoms with Gasteiger partial charge in [-0.2, -0.15) is 0 Å². The molecular formula is C14H24O3S. The van der Waals surface area contributed by atoms with Crippen molar-refractivity contribution < 1.29 is 14.6 Å². The monoisotopic (exact) mass is 272 g/mol. The van der Waals surface area contributed by atoms with Crippen molar-refractivity contribution in [2.45, 2.75) is 71.5 Å². The molecule has 0 aromatic heterocycles. The van der Waals surface area contributed by atoms with Crippen LogP contribution < -0.4 is 0 Å². The second-order valence-corrected chi connectivity index (χ2v) is 7.36. The molecule has 1 aliphatic heterocycles. The molecule has 0 amide bonds. The summed E-state index contributed by atoms with van der Waals surface area (Å²) in [5.41, 5.74) is -1.68. The lowest BCUT2D eigenvalue weighted by Gasteiger charge is -2.43. The molecule has 0 radical (unpaired) electrons. The zero-order valence-corrected chi connectivity index (χ0v) is 12.8. The molecule has 1 N–H and O–H groups in total. The molecule has 3 nitrogen and oxygen atoms in total. The van der Waals surface area contributed by atoms with E-state index in [1.165, 1.54) is 0 Å². The summed E-state index contributed by atoms with van der Waals surface area (Å²) in [6, 6.07) is 0. The summed E-state index contributed by atoms with van der Waals surface area (Å²) >= 11 is 5.39. The van der Waals surface area contributed by atoms with E-state index >= 15 is 0 Å². The third-order valence-corrected chi connectivity index (χ3v) is 4.26. The second kappa shape index (κ2) is 4.89. The molecule has 0 aliphatic carbocycles. The Balaban J connectivity index is 2.96. The number of aliphatic carboxylic acids is 1. The average molecular weight is 272 g/mol. The SMILES string of the molecule is CC1(C)CCCC(CC(=S)C(C)(C)C)(C(=O)O)O1. The predicted octanol–water partition coefficient (Wildman–Crippen LogP) is 3.60. The van der Waals surface area contributed by atoms with Crippen molar-refractivity contribution in [2.24, 2.45) is 5.41 Å². The molecule has 0 saturated carbocycles. The van der Waals surface area contributed by atoms with Gasteiger partial charge in [-0.3, -0.25) is 0 Å². The molecule has 0 spiro atoms. The first-order chi connectivity index (χ1) is 7.99. The number of thiocarbonyl (C=S) groups is 1. The lowest BCUT2D eigenvalue weighted by atomic mass is 9.79. The van der Waals surface area contributed by atoms with Gasteiger partial charge in [-0.15, -0.1) is 0 Å². The molecular weight excluding hydrogens is 248 g/mol. The highest BCUT2D eigenvalue weighted by atomic mass is 32.1. The molecule has 104 valence electrons. The lowest BCUT2D eigenvalue weighted by molar-refractivity contribution is -0.200. The molecule has 0 aromatic rings. The van der Waals surface area contributed by atoms with Crippen LogP contribution in [0.4, 0.5) is 0 Å². The van der Waals surface area contributed by atoms with E-state index in [1.807, 2.05) is 34.6 Å². The Hall–Kier alpha value is -0.480. The zero-order chi connectivity index (χ0) is 14.2. The summed E-state index contributed by atoms with van der Waals surface area (Å²) in [7, 11) is 0. The minimum Gasteiger partial charge on any atom is -0.479 e. The third-order valence-electron chi connectivity index (χ3n) is 3.50. The van der Waals surface area contributed by atoms with Gasteiger partial charge in [-0.1, -0.05) is 33.0 Å². The molecule has 4 heteroatoms. The molecule has 1 aliphatic rings. The van der Waals surface area contributed by atoms with Crippen LogP contribution in [0, 0.1) is 5.41 Å². The van der Waals surface area contributed by atoms with Gasteiger partial charge >= 0.3 is 5.97 Å². The Morgan fingerprint density at radius 2 is 1.89 bits per heavy atom. The highest BCUT2D eigenvalue weighted by Crippen LogP contribution is 2.39. The van der Waals surface area contributed by atoms with Gasteiger partial charge in [0.25, 0.3) is 0 Å². The van der Waals surface area contributed by atoms with Gasteiger partial charge in [0.1, 0.15) is 0 Å². The van der Waals surface area contributed by atoms with E-state index in [2.05, 4.69) is 0 Å². The normalized spacial score (nSPS) is 27.8. The summed E-state index contributed by atoms with van der Waals surface area (Å²) in [4.78, 5) is 12.4. The first-order valence-electron chi connectivity index (χ1n) is 6.45. The van der Waals surface area contributed by atoms with Crippen LogP contribution in [0.15, 0.2) is 0 Å². The van der Waals surface area contributed by atoms with Crippen molar-refractivity contribution in [1.29, 1.82) is 0 Å². The van der Waals surface area contributed by atoms with Gasteiger partial charge < -0.3 is 9.84 Å². The number of ether oxygens (including phenoxy) is 1. The fourth-order valence-electron chi connectivity index (χ4n) is 2.31. The number of carboxylic acids is 1. The summed E-state index contributed by atoms with van der Waals surface area (Å²) < 4.78 is 5.90. The number of hydrogen-bond acceptors (Lipinski definition) is 3.